The molecule has 4 heteroatoms. The second kappa shape index (κ2) is 9.50. The molecule has 144 valence electrons. The van der Waals surface area contributed by atoms with Gasteiger partial charge in [0.1, 0.15) is 0 Å². The second-order valence-electron chi connectivity index (χ2n) is 7.31. The van der Waals surface area contributed by atoms with Gasteiger partial charge in [0, 0.05) is 0 Å². The van der Waals surface area contributed by atoms with Crippen molar-refractivity contribution in [1.82, 2.24) is 0 Å². The first-order valence-corrected chi connectivity index (χ1v) is 15.2. The van der Waals surface area contributed by atoms with Gasteiger partial charge in [0.2, 0.25) is 8.32 Å². The fourth-order valence-corrected chi connectivity index (χ4v) is 14.2. The summed E-state index contributed by atoms with van der Waals surface area (Å²) in [5, 5.41) is 10.4. The van der Waals surface area contributed by atoms with Crippen LogP contribution in [0.1, 0.15) is 40.2 Å². The molecule has 0 amide bonds. The van der Waals surface area contributed by atoms with E-state index in [0.717, 1.165) is 17.7 Å². The molecule has 0 N–H and O–H groups in total. The standard InChI is InChI=1S/C23H33NOSi2/c1-6-26(7-2,8-3)25-27(9-4,10-5)23-17-15-22(16-18-23)21-13-11-20(19-24)12-14-21/h11-18H,6-10H2,1-5H3. The highest BCUT2D eigenvalue weighted by Crippen LogP contribution is 2.30. The van der Waals surface area contributed by atoms with Crippen LogP contribution in [0.15, 0.2) is 48.5 Å². The molecule has 0 unspecified atom stereocenters. The van der Waals surface area contributed by atoms with E-state index < -0.39 is 16.6 Å². The zero-order chi connectivity index (χ0) is 19.9. The molecule has 2 rings (SSSR count). The third kappa shape index (κ3) is 4.60. The van der Waals surface area contributed by atoms with Crippen LogP contribution >= 0.6 is 0 Å². The Balaban J connectivity index is 2.36. The van der Waals surface area contributed by atoms with E-state index in [4.69, 9.17) is 9.38 Å². The van der Waals surface area contributed by atoms with E-state index in [1.807, 2.05) is 24.3 Å². The maximum atomic E-state index is 8.98. The molecule has 2 nitrogen and oxygen atoms in total. The van der Waals surface area contributed by atoms with Crippen molar-refractivity contribution in [2.75, 3.05) is 0 Å². The average molecular weight is 396 g/mol. The van der Waals surface area contributed by atoms with Gasteiger partial charge in [0.05, 0.1) is 11.6 Å². The highest BCUT2D eigenvalue weighted by Gasteiger charge is 2.41. The smallest absolute Gasteiger partial charge is 0.211 e. The van der Waals surface area contributed by atoms with E-state index in [1.54, 1.807) is 0 Å². The maximum Gasteiger partial charge on any atom is 0.211 e. The molecule has 0 fully saturated rings. The number of hydrogen-bond acceptors (Lipinski definition) is 2. The van der Waals surface area contributed by atoms with Gasteiger partial charge in [-0.3, -0.25) is 0 Å². The van der Waals surface area contributed by atoms with Gasteiger partial charge in [0.15, 0.2) is 8.32 Å². The molecule has 0 spiro atoms. The molecule has 0 radical (unpaired) electrons. The Morgan fingerprint density at radius 2 is 1.15 bits per heavy atom. The van der Waals surface area contributed by atoms with Crippen molar-refractivity contribution in [1.29, 1.82) is 5.26 Å². The van der Waals surface area contributed by atoms with E-state index in [2.05, 4.69) is 65.0 Å². The Hall–Kier alpha value is -1.68. The number of nitriles is 1. The fraction of sp³-hybridized carbons (Fsp3) is 0.435. The quantitative estimate of drug-likeness (QED) is 0.458. The van der Waals surface area contributed by atoms with Crippen LogP contribution in [0.2, 0.25) is 30.2 Å². The highest BCUT2D eigenvalue weighted by molar-refractivity contribution is 6.94. The van der Waals surface area contributed by atoms with Gasteiger partial charge in [-0.1, -0.05) is 71.0 Å². The molecule has 0 aliphatic heterocycles. The van der Waals surface area contributed by atoms with Crippen LogP contribution in [0.25, 0.3) is 11.1 Å². The van der Waals surface area contributed by atoms with Gasteiger partial charge in [-0.2, -0.15) is 5.26 Å². The molecular formula is C23H33NOSi2. The van der Waals surface area contributed by atoms with E-state index in [0.29, 0.717) is 5.56 Å². The van der Waals surface area contributed by atoms with Crippen molar-refractivity contribution in [3.8, 4) is 17.2 Å². The van der Waals surface area contributed by atoms with E-state index in [-0.39, 0.29) is 0 Å². The van der Waals surface area contributed by atoms with Crippen LogP contribution in [0.5, 0.6) is 0 Å². The predicted octanol–water partition coefficient (Wildman–Crippen LogP) is 6.44. The molecule has 0 aromatic heterocycles. The highest BCUT2D eigenvalue weighted by atomic mass is 28.4. The molecule has 27 heavy (non-hydrogen) atoms. The first kappa shape index (κ1) is 21.6. The lowest BCUT2D eigenvalue weighted by Crippen LogP contribution is -2.57. The topological polar surface area (TPSA) is 33.0 Å². The Kier molecular flexibility index (Phi) is 7.61. The van der Waals surface area contributed by atoms with Gasteiger partial charge in [-0.05, 0) is 58.7 Å². The fourth-order valence-electron chi connectivity index (χ4n) is 3.95. The van der Waals surface area contributed by atoms with E-state index in [9.17, 15) is 0 Å². The Labute approximate surface area is 167 Å². The largest absolute Gasteiger partial charge is 0.452 e. The summed E-state index contributed by atoms with van der Waals surface area (Å²) in [5.41, 5.74) is 3.05. The summed E-state index contributed by atoms with van der Waals surface area (Å²) in [6.45, 7) is 11.6. The number of rotatable bonds is 9. The van der Waals surface area contributed by atoms with Crippen LogP contribution in [0.3, 0.4) is 0 Å². The van der Waals surface area contributed by atoms with Crippen molar-refractivity contribution >= 4 is 21.8 Å². The summed E-state index contributed by atoms with van der Waals surface area (Å²) in [7, 11) is -3.57. The average Bonchev–Trinajstić information content (AvgIpc) is 2.76. The van der Waals surface area contributed by atoms with Gasteiger partial charge in [-0.25, -0.2) is 0 Å². The Bertz CT molecular complexity index is 746. The molecule has 0 aliphatic rings. The third-order valence-electron chi connectivity index (χ3n) is 6.25. The lowest BCUT2D eigenvalue weighted by molar-refractivity contribution is 0.524. The molecular weight excluding hydrogens is 362 g/mol. The number of benzene rings is 2. The van der Waals surface area contributed by atoms with Crippen molar-refractivity contribution in [2.24, 2.45) is 0 Å². The van der Waals surface area contributed by atoms with Gasteiger partial charge < -0.3 is 4.12 Å². The van der Waals surface area contributed by atoms with Crippen LogP contribution in [0, 0.1) is 11.3 Å². The third-order valence-corrected chi connectivity index (χ3v) is 17.1. The van der Waals surface area contributed by atoms with Gasteiger partial charge in [0.25, 0.3) is 0 Å². The summed E-state index contributed by atoms with van der Waals surface area (Å²) in [6, 6.07) is 24.9. The zero-order valence-electron chi connectivity index (χ0n) is 17.5. The number of hydrogen-bond donors (Lipinski definition) is 0. The molecule has 0 saturated carbocycles. The monoisotopic (exact) mass is 395 g/mol. The molecule has 0 saturated heterocycles. The summed E-state index contributed by atoms with van der Waals surface area (Å²) < 4.78 is 7.18. The van der Waals surface area contributed by atoms with Crippen molar-refractivity contribution in [3.05, 3.63) is 54.1 Å². The molecule has 0 bridgehead atoms. The maximum absolute atomic E-state index is 8.98. The summed E-state index contributed by atoms with van der Waals surface area (Å²) in [5.74, 6) is 0. The van der Waals surface area contributed by atoms with Crippen molar-refractivity contribution in [3.63, 3.8) is 0 Å². The summed E-state index contributed by atoms with van der Waals surface area (Å²) in [4.78, 5) is 0. The number of nitrogens with zero attached hydrogens (tertiary/aromatic N) is 1. The van der Waals surface area contributed by atoms with Crippen molar-refractivity contribution in [2.45, 2.75) is 64.8 Å². The van der Waals surface area contributed by atoms with Gasteiger partial charge in [-0.15, -0.1) is 0 Å². The Morgan fingerprint density at radius 1 is 0.704 bits per heavy atom. The predicted molar refractivity (Wildman–Crippen MR) is 121 cm³/mol. The Morgan fingerprint density at radius 3 is 1.52 bits per heavy atom. The van der Waals surface area contributed by atoms with Crippen LogP contribution in [0.4, 0.5) is 0 Å². The van der Waals surface area contributed by atoms with Crippen LogP contribution in [-0.2, 0) is 4.12 Å². The molecule has 0 atom stereocenters. The van der Waals surface area contributed by atoms with E-state index >= 15 is 0 Å². The molecule has 0 aliphatic carbocycles. The molecule has 2 aromatic rings. The first-order valence-electron chi connectivity index (χ1n) is 10.3. The van der Waals surface area contributed by atoms with E-state index in [1.165, 1.54) is 28.9 Å². The minimum atomic E-state index is -1.94. The lowest BCUT2D eigenvalue weighted by Gasteiger charge is -2.41. The summed E-state index contributed by atoms with van der Waals surface area (Å²) >= 11 is 0. The summed E-state index contributed by atoms with van der Waals surface area (Å²) in [6.07, 6.45) is 0. The van der Waals surface area contributed by atoms with Crippen molar-refractivity contribution < 1.29 is 4.12 Å². The van der Waals surface area contributed by atoms with Crippen LogP contribution < -0.4 is 5.19 Å². The second-order valence-corrected chi connectivity index (χ2v) is 16.6. The minimum Gasteiger partial charge on any atom is -0.452 e. The SMILES string of the molecule is CC[Si](CC)(CC)O[Si](CC)(CC)c1ccc(-c2ccc(C#N)cc2)cc1. The van der Waals surface area contributed by atoms with Gasteiger partial charge >= 0.3 is 0 Å². The normalized spacial score (nSPS) is 12.0. The molecule has 2 aromatic carbocycles. The first-order chi connectivity index (χ1) is 13.0. The minimum absolute atomic E-state index is 0.701. The van der Waals surface area contributed by atoms with Crippen LogP contribution in [-0.4, -0.2) is 16.6 Å². The molecule has 0 heterocycles. The zero-order valence-corrected chi connectivity index (χ0v) is 19.5. The lowest BCUT2D eigenvalue weighted by atomic mass is 10.0.